The minimum Gasteiger partial charge on any atom is -0.452 e. The summed E-state index contributed by atoms with van der Waals surface area (Å²) in [5.41, 5.74) is 2.08. The summed E-state index contributed by atoms with van der Waals surface area (Å²) in [6.07, 6.45) is 1.05. The van der Waals surface area contributed by atoms with Crippen molar-refractivity contribution in [2.45, 2.75) is 39.7 Å². The number of esters is 1. The van der Waals surface area contributed by atoms with Crippen LogP contribution in [-0.2, 0) is 9.53 Å². The second-order valence-corrected chi connectivity index (χ2v) is 5.80. The Morgan fingerprint density at radius 1 is 1.32 bits per heavy atom. The number of ether oxygens (including phenoxy) is 3. The molecule has 0 amide bonds. The average molecular weight is 302 g/mol. The summed E-state index contributed by atoms with van der Waals surface area (Å²) in [7, 11) is 0. The summed E-state index contributed by atoms with van der Waals surface area (Å²) in [6, 6.07) is 3.27. The predicted molar refractivity (Wildman–Crippen MR) is 79.1 cm³/mol. The number of carbonyl (C=O) groups is 2. The van der Waals surface area contributed by atoms with Crippen molar-refractivity contribution in [1.29, 1.82) is 0 Å². The number of aryl methyl sites for hydroxylation is 1. The van der Waals surface area contributed by atoms with Crippen molar-refractivity contribution in [3.05, 3.63) is 34.6 Å². The third-order valence-corrected chi connectivity index (χ3v) is 3.78. The number of carbonyl (C=O) groups excluding carboxylic acids is 2. The van der Waals surface area contributed by atoms with E-state index in [0.717, 1.165) is 17.6 Å². The van der Waals surface area contributed by atoms with Crippen molar-refractivity contribution >= 4 is 11.8 Å². The Morgan fingerprint density at radius 3 is 2.73 bits per heavy atom. The van der Waals surface area contributed by atoms with Gasteiger partial charge in [-0.2, -0.15) is 0 Å². The first-order chi connectivity index (χ1) is 10.5. The molecule has 1 fully saturated rings. The molecule has 5 nitrogen and oxygen atoms in total. The zero-order valence-electron chi connectivity index (χ0n) is 12.9. The van der Waals surface area contributed by atoms with Crippen molar-refractivity contribution in [3.63, 3.8) is 0 Å². The largest absolute Gasteiger partial charge is 0.452 e. The van der Waals surface area contributed by atoms with Crippen molar-refractivity contribution in [2.75, 3.05) is 6.61 Å². The summed E-state index contributed by atoms with van der Waals surface area (Å²) < 4.78 is 16.3. The number of hydrogen-bond acceptors (Lipinski definition) is 5. The first kappa shape index (κ1) is 14.8. The van der Waals surface area contributed by atoms with E-state index in [-0.39, 0.29) is 5.78 Å². The lowest BCUT2D eigenvalue weighted by atomic mass is 10.0. The fraction of sp³-hybridized carbons (Fsp3) is 0.412. The summed E-state index contributed by atoms with van der Waals surface area (Å²) in [6.45, 7) is 6.04. The van der Waals surface area contributed by atoms with Gasteiger partial charge < -0.3 is 14.2 Å². The number of fused-ring (bicyclic) bond motifs is 1. The van der Waals surface area contributed by atoms with Crippen LogP contribution in [0.4, 0.5) is 0 Å². The highest BCUT2D eigenvalue weighted by molar-refractivity contribution is 6.13. The van der Waals surface area contributed by atoms with Gasteiger partial charge in [0.1, 0.15) is 11.5 Å². The molecule has 2 aliphatic rings. The minimum atomic E-state index is -0.496. The molecule has 0 N–H and O–H groups in total. The Morgan fingerprint density at radius 2 is 2.09 bits per heavy atom. The van der Waals surface area contributed by atoms with Crippen LogP contribution in [0.1, 0.15) is 42.6 Å². The van der Waals surface area contributed by atoms with E-state index >= 15 is 0 Å². The molecule has 1 unspecified atom stereocenters. The van der Waals surface area contributed by atoms with Crippen LogP contribution in [0.3, 0.4) is 0 Å². The van der Waals surface area contributed by atoms with E-state index in [1.165, 1.54) is 0 Å². The third-order valence-electron chi connectivity index (χ3n) is 3.78. The average Bonchev–Trinajstić information content (AvgIpc) is 3.06. The highest BCUT2D eigenvalue weighted by Crippen LogP contribution is 2.38. The minimum absolute atomic E-state index is 0.121. The van der Waals surface area contributed by atoms with Gasteiger partial charge in [0.15, 0.2) is 11.9 Å². The van der Waals surface area contributed by atoms with Gasteiger partial charge in [-0.05, 0) is 50.8 Å². The number of benzene rings is 1. The van der Waals surface area contributed by atoms with Crippen LogP contribution in [0.5, 0.6) is 11.5 Å². The van der Waals surface area contributed by atoms with E-state index in [9.17, 15) is 9.59 Å². The van der Waals surface area contributed by atoms with Gasteiger partial charge in [-0.15, -0.1) is 0 Å². The molecule has 0 aromatic heterocycles. The Bertz CT molecular complexity index is 677. The lowest BCUT2D eigenvalue weighted by Crippen LogP contribution is -2.24. The standard InChI is InChI=1S/C17H18O5/c1-9(2)16-15(18)14-10(3)7-11(8-13(14)22-16)21-17(19)12-5-4-6-20-12/h7-8,12H,4-6H2,1-3H3. The summed E-state index contributed by atoms with van der Waals surface area (Å²) >= 11 is 0. The van der Waals surface area contributed by atoms with E-state index < -0.39 is 12.1 Å². The smallest absolute Gasteiger partial charge is 0.340 e. The van der Waals surface area contributed by atoms with Crippen LogP contribution >= 0.6 is 0 Å². The Balaban J connectivity index is 1.87. The molecular formula is C17H18O5. The van der Waals surface area contributed by atoms with E-state index in [1.54, 1.807) is 19.1 Å². The quantitative estimate of drug-likeness (QED) is 0.477. The van der Waals surface area contributed by atoms with Crippen molar-refractivity contribution < 1.29 is 23.8 Å². The topological polar surface area (TPSA) is 61.8 Å². The lowest BCUT2D eigenvalue weighted by Gasteiger charge is -2.11. The predicted octanol–water partition coefficient (Wildman–Crippen LogP) is 2.95. The third kappa shape index (κ3) is 2.52. The van der Waals surface area contributed by atoms with Crippen LogP contribution in [0.15, 0.2) is 23.5 Å². The lowest BCUT2D eigenvalue weighted by molar-refractivity contribution is -0.144. The maximum Gasteiger partial charge on any atom is 0.340 e. The van der Waals surface area contributed by atoms with E-state index in [0.29, 0.717) is 35.8 Å². The molecule has 1 aromatic rings. The van der Waals surface area contributed by atoms with E-state index in [1.807, 2.05) is 13.8 Å². The van der Waals surface area contributed by atoms with Gasteiger partial charge in [-0.3, -0.25) is 4.79 Å². The van der Waals surface area contributed by atoms with Gasteiger partial charge in [0.25, 0.3) is 0 Å². The Hall–Kier alpha value is -2.14. The van der Waals surface area contributed by atoms with Crippen molar-refractivity contribution in [3.8, 4) is 11.5 Å². The van der Waals surface area contributed by atoms with Crippen LogP contribution in [-0.4, -0.2) is 24.5 Å². The monoisotopic (exact) mass is 302 g/mol. The summed E-state index contributed by atoms with van der Waals surface area (Å²) in [5, 5.41) is 0. The molecule has 1 atom stereocenters. The Labute approximate surface area is 128 Å². The highest BCUT2D eigenvalue weighted by Gasteiger charge is 2.32. The SMILES string of the molecule is CC(C)=C1Oc2cc(OC(=O)C3CCCO3)cc(C)c2C1=O. The highest BCUT2D eigenvalue weighted by atomic mass is 16.6. The van der Waals surface area contributed by atoms with E-state index in [4.69, 9.17) is 14.2 Å². The number of ketones is 1. The first-order valence-electron chi connectivity index (χ1n) is 7.35. The molecule has 5 heteroatoms. The Kier molecular flexibility index (Phi) is 3.74. The molecule has 22 heavy (non-hydrogen) atoms. The molecule has 0 bridgehead atoms. The molecule has 0 radical (unpaired) electrons. The van der Waals surface area contributed by atoms with Crippen LogP contribution < -0.4 is 9.47 Å². The molecule has 1 saturated heterocycles. The molecule has 3 rings (SSSR count). The zero-order chi connectivity index (χ0) is 15.9. The molecular weight excluding hydrogens is 284 g/mol. The second kappa shape index (κ2) is 5.57. The van der Waals surface area contributed by atoms with Crippen LogP contribution in [0.2, 0.25) is 0 Å². The van der Waals surface area contributed by atoms with Crippen LogP contribution in [0.25, 0.3) is 0 Å². The summed E-state index contributed by atoms with van der Waals surface area (Å²) in [5.74, 6) is 0.643. The van der Waals surface area contributed by atoms with Gasteiger partial charge >= 0.3 is 5.97 Å². The van der Waals surface area contributed by atoms with Gasteiger partial charge in [0, 0.05) is 12.7 Å². The molecule has 0 spiro atoms. The van der Waals surface area contributed by atoms with Gasteiger partial charge in [-0.25, -0.2) is 4.79 Å². The summed E-state index contributed by atoms with van der Waals surface area (Å²) in [4.78, 5) is 24.3. The molecule has 2 aliphatic heterocycles. The van der Waals surface area contributed by atoms with E-state index in [2.05, 4.69) is 0 Å². The fourth-order valence-corrected chi connectivity index (χ4v) is 2.70. The van der Waals surface area contributed by atoms with Gasteiger partial charge in [0.2, 0.25) is 5.78 Å². The normalized spacial score (nSPS) is 19.9. The molecule has 116 valence electrons. The number of rotatable bonds is 2. The zero-order valence-corrected chi connectivity index (χ0v) is 12.9. The number of allylic oxidation sites excluding steroid dienone is 2. The number of hydrogen-bond donors (Lipinski definition) is 0. The van der Waals surface area contributed by atoms with Gasteiger partial charge in [-0.1, -0.05) is 0 Å². The molecule has 1 aromatic carbocycles. The maximum atomic E-state index is 12.3. The van der Waals surface area contributed by atoms with Gasteiger partial charge in [0.05, 0.1) is 5.56 Å². The second-order valence-electron chi connectivity index (χ2n) is 5.80. The van der Waals surface area contributed by atoms with Crippen LogP contribution in [0, 0.1) is 6.92 Å². The fourth-order valence-electron chi connectivity index (χ4n) is 2.70. The molecule has 0 saturated carbocycles. The number of Topliss-reactive ketones (excluding diaryl/α,β-unsaturated/α-hetero) is 1. The van der Waals surface area contributed by atoms with Crippen molar-refractivity contribution in [2.24, 2.45) is 0 Å². The maximum absolute atomic E-state index is 12.3. The molecule has 0 aliphatic carbocycles. The molecule has 2 heterocycles. The van der Waals surface area contributed by atoms with Crippen molar-refractivity contribution in [1.82, 2.24) is 0 Å². The first-order valence-corrected chi connectivity index (χ1v) is 7.35.